The maximum atomic E-state index is 11.1. The van der Waals surface area contributed by atoms with E-state index in [1.807, 2.05) is 0 Å². The van der Waals surface area contributed by atoms with Gasteiger partial charge in [-0.15, -0.1) is 0 Å². The lowest BCUT2D eigenvalue weighted by molar-refractivity contribution is 0.197. The highest BCUT2D eigenvalue weighted by Gasteiger charge is 2.09. The van der Waals surface area contributed by atoms with E-state index < -0.39 is 6.09 Å². The molecule has 26 heavy (non-hydrogen) atoms. The van der Waals surface area contributed by atoms with E-state index in [0.717, 1.165) is 15.6 Å². The Morgan fingerprint density at radius 1 is 1.15 bits per heavy atom. The molecule has 4 rings (SSSR count). The summed E-state index contributed by atoms with van der Waals surface area (Å²) in [4.78, 5) is 23.4. The smallest absolute Gasteiger partial charge is 0.415 e. The molecule has 4 aromatic rings. The van der Waals surface area contributed by atoms with E-state index in [-0.39, 0.29) is 0 Å². The third-order valence-electron chi connectivity index (χ3n) is 3.87. The van der Waals surface area contributed by atoms with Crippen LogP contribution in [0.2, 0.25) is 0 Å². The number of nitrogens with two attached hydrogens (primary N) is 1. The number of hydrogen-bond acceptors (Lipinski definition) is 6. The molecule has 9 nitrogen and oxygen atoms in total. The molecule has 9 heteroatoms. The van der Waals surface area contributed by atoms with Crippen molar-refractivity contribution in [2.45, 2.75) is 6.54 Å². The number of ether oxygens (including phenoxy) is 1. The molecular formula is C17H14N6O3. The fourth-order valence-corrected chi connectivity index (χ4v) is 2.64. The van der Waals surface area contributed by atoms with Crippen molar-refractivity contribution < 1.29 is 14.6 Å². The van der Waals surface area contributed by atoms with Crippen LogP contribution in [0.3, 0.4) is 0 Å². The molecule has 0 radical (unpaired) electrons. The van der Waals surface area contributed by atoms with Crippen LogP contribution in [0, 0.1) is 0 Å². The summed E-state index contributed by atoms with van der Waals surface area (Å²) in [5, 5.41) is 9.89. The second-order valence-electron chi connectivity index (χ2n) is 5.55. The molecule has 0 saturated carbocycles. The monoisotopic (exact) mass is 350 g/mol. The number of rotatable bonds is 4. The van der Waals surface area contributed by atoms with Crippen molar-refractivity contribution >= 4 is 22.9 Å². The summed E-state index contributed by atoms with van der Waals surface area (Å²) < 4.78 is 8.69. The quantitative estimate of drug-likeness (QED) is 0.580. The Labute approximate surface area is 147 Å². The van der Waals surface area contributed by atoms with Gasteiger partial charge in [-0.2, -0.15) is 0 Å². The van der Waals surface area contributed by atoms with Crippen LogP contribution in [-0.2, 0) is 6.54 Å². The molecule has 0 fully saturated rings. The number of carboxylic acid groups (broad SMARTS) is 1. The van der Waals surface area contributed by atoms with E-state index in [1.54, 1.807) is 47.3 Å². The lowest BCUT2D eigenvalue weighted by Gasteiger charge is -2.08. The van der Waals surface area contributed by atoms with Crippen LogP contribution in [0.25, 0.3) is 10.9 Å². The number of nitrogens with zero attached hydrogens (tertiary/aromatic N) is 5. The second kappa shape index (κ2) is 6.20. The van der Waals surface area contributed by atoms with Crippen LogP contribution < -0.4 is 10.5 Å². The lowest BCUT2D eigenvalue weighted by Crippen LogP contribution is -2.05. The average molecular weight is 350 g/mol. The van der Waals surface area contributed by atoms with Gasteiger partial charge in [-0.05, 0) is 24.3 Å². The number of aromatic nitrogens is 5. The van der Waals surface area contributed by atoms with Crippen molar-refractivity contribution in [3.63, 3.8) is 0 Å². The van der Waals surface area contributed by atoms with Crippen LogP contribution in [0.5, 0.6) is 11.6 Å². The van der Waals surface area contributed by atoms with Crippen molar-refractivity contribution in [1.82, 2.24) is 24.1 Å². The Bertz CT molecular complexity index is 1100. The molecule has 0 aliphatic heterocycles. The topological polar surface area (TPSA) is 121 Å². The van der Waals surface area contributed by atoms with E-state index in [2.05, 4.69) is 15.0 Å². The van der Waals surface area contributed by atoms with Gasteiger partial charge in [0.25, 0.3) is 0 Å². The normalized spacial score (nSPS) is 10.9. The van der Waals surface area contributed by atoms with E-state index in [4.69, 9.17) is 15.6 Å². The fraction of sp³-hybridized carbons (Fsp3) is 0.0588. The van der Waals surface area contributed by atoms with Crippen molar-refractivity contribution in [2.24, 2.45) is 0 Å². The van der Waals surface area contributed by atoms with Gasteiger partial charge in [0, 0.05) is 30.0 Å². The van der Waals surface area contributed by atoms with Crippen LogP contribution in [-0.4, -0.2) is 35.3 Å². The first-order chi connectivity index (χ1) is 12.6. The maximum absolute atomic E-state index is 11.1. The zero-order valence-corrected chi connectivity index (χ0v) is 13.5. The number of imidazole rings is 1. The van der Waals surface area contributed by atoms with Gasteiger partial charge in [0.1, 0.15) is 12.1 Å². The third kappa shape index (κ3) is 2.93. The highest BCUT2D eigenvalue weighted by molar-refractivity contribution is 5.89. The van der Waals surface area contributed by atoms with E-state index in [1.165, 1.54) is 12.5 Å². The molecule has 0 aliphatic carbocycles. The standard InChI is InChI=1S/C17H14N6O3/c18-16-19-4-6-22(16)9-12-8-15(21-10-20-12)26-13-1-2-14-11(7-13)3-5-23(14)17(24)25/h1-8,10H,9H2,(H2,18,19)(H,24,25). The first-order valence-electron chi connectivity index (χ1n) is 7.70. The number of fused-ring (bicyclic) bond motifs is 1. The Balaban J connectivity index is 1.57. The first kappa shape index (κ1) is 15.6. The molecule has 1 aromatic carbocycles. The number of benzene rings is 1. The van der Waals surface area contributed by atoms with Gasteiger partial charge < -0.3 is 20.1 Å². The van der Waals surface area contributed by atoms with Crippen molar-refractivity contribution in [3.8, 4) is 11.6 Å². The maximum Gasteiger partial charge on any atom is 0.415 e. The molecule has 0 amide bonds. The predicted octanol–water partition coefficient (Wildman–Crippen LogP) is 2.58. The van der Waals surface area contributed by atoms with Gasteiger partial charge in [-0.25, -0.2) is 19.7 Å². The summed E-state index contributed by atoms with van der Waals surface area (Å²) in [6.07, 6.45) is 5.26. The molecule has 130 valence electrons. The SMILES string of the molecule is Nc1nccn1Cc1cc(Oc2ccc3c(ccn3C(=O)O)c2)ncn1. The summed E-state index contributed by atoms with van der Waals surface area (Å²) in [6.45, 7) is 0.450. The summed E-state index contributed by atoms with van der Waals surface area (Å²) in [7, 11) is 0. The Hall–Kier alpha value is -3.88. The lowest BCUT2D eigenvalue weighted by atomic mass is 10.2. The average Bonchev–Trinajstić information content (AvgIpc) is 3.21. The van der Waals surface area contributed by atoms with Gasteiger partial charge in [-0.1, -0.05) is 0 Å². The summed E-state index contributed by atoms with van der Waals surface area (Å²) in [5.74, 6) is 1.33. The minimum atomic E-state index is -1.03. The fourth-order valence-electron chi connectivity index (χ4n) is 2.64. The van der Waals surface area contributed by atoms with E-state index in [0.29, 0.717) is 29.6 Å². The second-order valence-corrected chi connectivity index (χ2v) is 5.55. The minimum Gasteiger partial charge on any atom is -0.464 e. The van der Waals surface area contributed by atoms with Crippen LogP contribution in [0.1, 0.15) is 5.69 Å². The van der Waals surface area contributed by atoms with Crippen molar-refractivity contribution in [1.29, 1.82) is 0 Å². The molecule has 0 atom stereocenters. The van der Waals surface area contributed by atoms with Gasteiger partial charge >= 0.3 is 6.09 Å². The summed E-state index contributed by atoms with van der Waals surface area (Å²) >= 11 is 0. The number of carbonyl (C=O) groups is 1. The largest absolute Gasteiger partial charge is 0.464 e. The van der Waals surface area contributed by atoms with Gasteiger partial charge in [-0.3, -0.25) is 4.57 Å². The Kier molecular flexibility index (Phi) is 3.73. The van der Waals surface area contributed by atoms with Gasteiger partial charge in [0.05, 0.1) is 17.8 Å². The van der Waals surface area contributed by atoms with Gasteiger partial charge in [0.2, 0.25) is 5.88 Å². The predicted molar refractivity (Wildman–Crippen MR) is 93.2 cm³/mol. The minimum absolute atomic E-state index is 0.380. The molecule has 0 bridgehead atoms. The highest BCUT2D eigenvalue weighted by atomic mass is 16.5. The van der Waals surface area contributed by atoms with Crippen molar-refractivity contribution in [3.05, 3.63) is 60.9 Å². The highest BCUT2D eigenvalue weighted by Crippen LogP contribution is 2.25. The summed E-state index contributed by atoms with van der Waals surface area (Å²) in [5.41, 5.74) is 7.07. The Morgan fingerprint density at radius 3 is 2.81 bits per heavy atom. The van der Waals surface area contributed by atoms with Crippen LogP contribution >= 0.6 is 0 Å². The number of anilines is 1. The molecule has 0 spiro atoms. The molecule has 3 heterocycles. The molecule has 3 aromatic heterocycles. The molecule has 0 saturated heterocycles. The number of nitrogen functional groups attached to an aromatic ring is 1. The third-order valence-corrected chi connectivity index (χ3v) is 3.87. The molecule has 0 aliphatic rings. The van der Waals surface area contributed by atoms with Crippen molar-refractivity contribution in [2.75, 3.05) is 5.73 Å². The zero-order chi connectivity index (χ0) is 18.1. The zero-order valence-electron chi connectivity index (χ0n) is 13.5. The van der Waals surface area contributed by atoms with E-state index >= 15 is 0 Å². The molecular weight excluding hydrogens is 336 g/mol. The van der Waals surface area contributed by atoms with E-state index in [9.17, 15) is 4.79 Å². The summed E-state index contributed by atoms with van der Waals surface area (Å²) in [6, 6.07) is 8.56. The Morgan fingerprint density at radius 2 is 2.04 bits per heavy atom. The first-order valence-corrected chi connectivity index (χ1v) is 7.70. The van der Waals surface area contributed by atoms with Gasteiger partial charge in [0.15, 0.2) is 5.95 Å². The molecule has 0 unspecified atom stereocenters. The number of hydrogen-bond donors (Lipinski definition) is 2. The molecule has 3 N–H and O–H groups in total. The van der Waals surface area contributed by atoms with Crippen LogP contribution in [0.15, 0.2) is 55.2 Å². The van der Waals surface area contributed by atoms with Crippen LogP contribution in [0.4, 0.5) is 10.7 Å².